The lowest BCUT2D eigenvalue weighted by atomic mass is 10.3. The maximum atomic E-state index is 12.4. The lowest BCUT2D eigenvalue weighted by molar-refractivity contribution is -0.117. The number of fused-ring (bicyclic) bond motifs is 1. The Kier molecular flexibility index (Phi) is 3.61. The molecule has 0 atom stereocenters. The van der Waals surface area contributed by atoms with E-state index in [1.165, 1.54) is 7.05 Å². The van der Waals surface area contributed by atoms with Crippen LogP contribution in [0.15, 0.2) is 23.6 Å². The number of carbonyl (C=O) groups excluding carboxylic acids is 2. The molecule has 21 heavy (non-hydrogen) atoms. The molecular weight excluding hydrogens is 290 g/mol. The normalized spacial score (nSPS) is 13.1. The van der Waals surface area contributed by atoms with Crippen LogP contribution in [0.3, 0.4) is 0 Å². The number of hydrogen-bond acceptors (Lipinski definition) is 4. The summed E-state index contributed by atoms with van der Waals surface area (Å²) in [5.41, 5.74) is 0. The van der Waals surface area contributed by atoms with Gasteiger partial charge < -0.3 is 5.32 Å². The highest BCUT2D eigenvalue weighted by atomic mass is 32.1. The summed E-state index contributed by atoms with van der Waals surface area (Å²) in [5, 5.41) is 11.3. The van der Waals surface area contributed by atoms with Crippen molar-refractivity contribution in [2.45, 2.75) is 13.0 Å². The van der Waals surface area contributed by atoms with E-state index in [1.807, 2.05) is 17.5 Å². The Morgan fingerprint density at radius 1 is 1.43 bits per heavy atom. The third-order valence-corrected chi connectivity index (χ3v) is 4.12. The maximum absolute atomic E-state index is 12.4. The second-order valence-electron chi connectivity index (χ2n) is 4.62. The van der Waals surface area contributed by atoms with E-state index in [2.05, 4.69) is 15.7 Å². The molecule has 7 nitrogen and oxygen atoms in total. The molecule has 0 saturated heterocycles. The molecule has 2 N–H and O–H groups in total. The number of hydrogen-bond donors (Lipinski definition) is 2. The highest BCUT2D eigenvalue weighted by Gasteiger charge is 2.27. The molecule has 0 unspecified atom stereocenters. The number of aromatic nitrogens is 2. The molecule has 110 valence electrons. The quantitative estimate of drug-likeness (QED) is 0.896. The lowest BCUT2D eigenvalue weighted by Crippen LogP contribution is -2.30. The minimum atomic E-state index is -0.330. The minimum Gasteiger partial charge on any atom is -0.341 e. The van der Waals surface area contributed by atoms with Crippen LogP contribution in [-0.2, 0) is 17.8 Å². The maximum Gasteiger partial charge on any atom is 0.320 e. The third kappa shape index (κ3) is 2.75. The summed E-state index contributed by atoms with van der Waals surface area (Å²) >= 11 is 1.57. The average molecular weight is 305 g/mol. The summed E-state index contributed by atoms with van der Waals surface area (Å²) in [6, 6.07) is 5.28. The smallest absolute Gasteiger partial charge is 0.320 e. The van der Waals surface area contributed by atoms with Gasteiger partial charge in [0, 0.05) is 24.5 Å². The molecule has 0 aliphatic carbocycles. The van der Waals surface area contributed by atoms with Gasteiger partial charge in [-0.15, -0.1) is 11.3 Å². The van der Waals surface area contributed by atoms with Crippen molar-refractivity contribution in [3.63, 3.8) is 0 Å². The highest BCUT2D eigenvalue weighted by molar-refractivity contribution is 7.10. The van der Waals surface area contributed by atoms with Crippen molar-refractivity contribution in [1.82, 2.24) is 15.1 Å². The van der Waals surface area contributed by atoms with Gasteiger partial charge in [0.15, 0.2) is 5.82 Å². The molecule has 0 saturated carbocycles. The fourth-order valence-electron chi connectivity index (χ4n) is 2.25. The SMILES string of the molecule is CNC(=O)Nc1cc2n(n1)CCN2C(=O)Cc1cccs1. The Morgan fingerprint density at radius 2 is 2.29 bits per heavy atom. The number of rotatable bonds is 3. The van der Waals surface area contributed by atoms with Crippen LogP contribution in [0.1, 0.15) is 4.88 Å². The van der Waals surface area contributed by atoms with Crippen LogP contribution in [0, 0.1) is 0 Å². The lowest BCUT2D eigenvalue weighted by Gasteiger charge is -2.13. The monoisotopic (exact) mass is 305 g/mol. The molecule has 2 aromatic rings. The van der Waals surface area contributed by atoms with Gasteiger partial charge in [-0.05, 0) is 11.4 Å². The van der Waals surface area contributed by atoms with Crippen molar-refractivity contribution in [3.8, 4) is 0 Å². The Balaban J connectivity index is 1.73. The molecule has 8 heteroatoms. The Morgan fingerprint density at radius 3 is 3.00 bits per heavy atom. The number of nitrogens with one attached hydrogen (secondary N) is 2. The molecule has 0 fully saturated rings. The first-order valence-electron chi connectivity index (χ1n) is 6.56. The average Bonchev–Trinajstić information content (AvgIpc) is 3.14. The van der Waals surface area contributed by atoms with Crippen molar-refractivity contribution in [3.05, 3.63) is 28.5 Å². The molecule has 0 spiro atoms. The number of carbonyl (C=O) groups is 2. The molecule has 1 aliphatic heterocycles. The van der Waals surface area contributed by atoms with Gasteiger partial charge in [0.05, 0.1) is 13.0 Å². The summed E-state index contributed by atoms with van der Waals surface area (Å²) in [5.74, 6) is 1.21. The van der Waals surface area contributed by atoms with Gasteiger partial charge >= 0.3 is 6.03 Å². The van der Waals surface area contributed by atoms with E-state index in [-0.39, 0.29) is 11.9 Å². The fourth-order valence-corrected chi connectivity index (χ4v) is 2.94. The van der Waals surface area contributed by atoms with E-state index < -0.39 is 0 Å². The van der Waals surface area contributed by atoms with Gasteiger partial charge in [0.1, 0.15) is 5.82 Å². The van der Waals surface area contributed by atoms with Crippen LogP contribution in [0.25, 0.3) is 0 Å². The van der Waals surface area contributed by atoms with Gasteiger partial charge in [0.2, 0.25) is 5.91 Å². The number of amides is 3. The molecule has 3 heterocycles. The highest BCUT2D eigenvalue weighted by Crippen LogP contribution is 2.25. The first kappa shape index (κ1) is 13.6. The Hall–Kier alpha value is -2.35. The summed E-state index contributed by atoms with van der Waals surface area (Å²) in [4.78, 5) is 26.4. The largest absolute Gasteiger partial charge is 0.341 e. The minimum absolute atomic E-state index is 0.0441. The number of thiophene rings is 1. The predicted octanol–water partition coefficient (Wildman–Crippen LogP) is 1.29. The summed E-state index contributed by atoms with van der Waals surface area (Å²) in [7, 11) is 1.54. The van der Waals surface area contributed by atoms with E-state index in [4.69, 9.17) is 0 Å². The van der Waals surface area contributed by atoms with Gasteiger partial charge in [-0.25, -0.2) is 9.48 Å². The molecular formula is C13H15N5O2S. The van der Waals surface area contributed by atoms with Crippen molar-refractivity contribution in [2.24, 2.45) is 0 Å². The molecule has 0 aromatic carbocycles. The first-order valence-corrected chi connectivity index (χ1v) is 7.44. The fraction of sp³-hybridized carbons (Fsp3) is 0.308. The van der Waals surface area contributed by atoms with Crippen molar-refractivity contribution < 1.29 is 9.59 Å². The van der Waals surface area contributed by atoms with Gasteiger partial charge in [-0.3, -0.25) is 15.0 Å². The molecule has 3 rings (SSSR count). The van der Waals surface area contributed by atoms with E-state index in [0.717, 1.165) is 10.7 Å². The van der Waals surface area contributed by atoms with E-state index in [0.29, 0.717) is 25.3 Å². The third-order valence-electron chi connectivity index (χ3n) is 3.25. The topological polar surface area (TPSA) is 79.3 Å². The number of anilines is 2. The van der Waals surface area contributed by atoms with Crippen LogP contribution in [0.2, 0.25) is 0 Å². The standard InChI is InChI=1S/C13H15N5O2S/c1-14-13(20)15-10-8-11-17(4-5-18(11)16-10)12(19)7-9-3-2-6-21-9/h2-3,6,8H,4-5,7H2,1H3,(H2,14,15,16,20). The second kappa shape index (κ2) is 5.57. The first-order chi connectivity index (χ1) is 10.2. The molecule has 0 radical (unpaired) electrons. The van der Waals surface area contributed by atoms with Crippen molar-refractivity contribution >= 4 is 34.9 Å². The summed E-state index contributed by atoms with van der Waals surface area (Å²) < 4.78 is 1.73. The van der Waals surface area contributed by atoms with E-state index >= 15 is 0 Å². The van der Waals surface area contributed by atoms with Gasteiger partial charge in [-0.2, -0.15) is 5.10 Å². The van der Waals surface area contributed by atoms with Crippen LogP contribution in [0.5, 0.6) is 0 Å². The molecule has 0 bridgehead atoms. The summed E-state index contributed by atoms with van der Waals surface area (Å²) in [6.45, 7) is 1.26. The zero-order valence-electron chi connectivity index (χ0n) is 11.5. The van der Waals surface area contributed by atoms with Crippen molar-refractivity contribution in [1.29, 1.82) is 0 Å². The van der Waals surface area contributed by atoms with E-state index in [1.54, 1.807) is 27.0 Å². The molecule has 1 aliphatic rings. The van der Waals surface area contributed by atoms with Gasteiger partial charge in [-0.1, -0.05) is 6.07 Å². The summed E-state index contributed by atoms with van der Waals surface area (Å²) in [6.07, 6.45) is 0.390. The second-order valence-corrected chi connectivity index (χ2v) is 5.65. The predicted molar refractivity (Wildman–Crippen MR) is 80.7 cm³/mol. The number of nitrogens with zero attached hydrogens (tertiary/aromatic N) is 3. The van der Waals surface area contributed by atoms with Crippen molar-refractivity contribution in [2.75, 3.05) is 23.8 Å². The zero-order valence-corrected chi connectivity index (χ0v) is 12.3. The van der Waals surface area contributed by atoms with Crippen LogP contribution >= 0.6 is 11.3 Å². The molecule has 3 amide bonds. The number of urea groups is 1. The van der Waals surface area contributed by atoms with Gasteiger partial charge in [0.25, 0.3) is 0 Å². The van der Waals surface area contributed by atoms with Crippen LogP contribution in [-0.4, -0.2) is 35.3 Å². The molecule has 2 aromatic heterocycles. The Labute approximate surface area is 125 Å². The van der Waals surface area contributed by atoms with Crippen LogP contribution in [0.4, 0.5) is 16.4 Å². The Bertz CT molecular complexity index is 664. The van der Waals surface area contributed by atoms with Crippen LogP contribution < -0.4 is 15.5 Å². The van der Waals surface area contributed by atoms with E-state index in [9.17, 15) is 9.59 Å². The zero-order chi connectivity index (χ0) is 14.8.